The Bertz CT molecular complexity index is 136. The highest BCUT2D eigenvalue weighted by Crippen LogP contribution is 2.24. The van der Waals surface area contributed by atoms with Crippen LogP contribution in [0.2, 0.25) is 0 Å². The van der Waals surface area contributed by atoms with E-state index in [9.17, 15) is 0 Å². The highest BCUT2D eigenvalue weighted by atomic mass is 15.1. The van der Waals surface area contributed by atoms with E-state index in [0.717, 1.165) is 12.0 Å². The van der Waals surface area contributed by atoms with Crippen LogP contribution in [0.3, 0.4) is 0 Å². The van der Waals surface area contributed by atoms with Gasteiger partial charge in [0.2, 0.25) is 0 Å². The van der Waals surface area contributed by atoms with Gasteiger partial charge in [0.05, 0.1) is 0 Å². The molecule has 13 heavy (non-hydrogen) atoms. The van der Waals surface area contributed by atoms with Crippen molar-refractivity contribution in [3.8, 4) is 0 Å². The molecule has 0 aliphatic carbocycles. The third kappa shape index (κ3) is 2.96. The zero-order chi connectivity index (χ0) is 9.68. The van der Waals surface area contributed by atoms with Crippen LogP contribution >= 0.6 is 0 Å². The topological polar surface area (TPSA) is 15.3 Å². The molecular formula is C11H24N2. The summed E-state index contributed by atoms with van der Waals surface area (Å²) in [6, 6.07) is 0.808. The van der Waals surface area contributed by atoms with Gasteiger partial charge in [0.25, 0.3) is 0 Å². The Morgan fingerprint density at radius 2 is 2.00 bits per heavy atom. The first-order valence-electron chi connectivity index (χ1n) is 5.78. The first-order valence-corrected chi connectivity index (χ1v) is 5.78. The van der Waals surface area contributed by atoms with Gasteiger partial charge in [0.15, 0.2) is 0 Å². The molecule has 0 aromatic rings. The van der Waals surface area contributed by atoms with Crippen molar-refractivity contribution in [1.29, 1.82) is 0 Å². The van der Waals surface area contributed by atoms with Gasteiger partial charge in [-0.05, 0) is 45.3 Å². The van der Waals surface area contributed by atoms with Crippen molar-refractivity contribution in [2.24, 2.45) is 5.92 Å². The van der Waals surface area contributed by atoms with Gasteiger partial charge in [-0.1, -0.05) is 13.8 Å². The molecule has 2 heteroatoms. The molecule has 2 nitrogen and oxygen atoms in total. The van der Waals surface area contributed by atoms with Crippen LogP contribution in [0.25, 0.3) is 0 Å². The molecule has 2 aliphatic rings. The predicted octanol–water partition coefficient (Wildman–Crippen LogP) is 1.72. The average Bonchev–Trinajstić information content (AvgIpc) is 2.21. The van der Waals surface area contributed by atoms with Gasteiger partial charge >= 0.3 is 0 Å². The average molecular weight is 184 g/mol. The summed E-state index contributed by atoms with van der Waals surface area (Å²) >= 11 is 0. The fraction of sp³-hybridized carbons (Fsp3) is 1.00. The van der Waals surface area contributed by atoms with Crippen molar-refractivity contribution in [1.82, 2.24) is 10.2 Å². The third-order valence-corrected chi connectivity index (χ3v) is 3.12. The molecule has 0 amide bonds. The van der Waals surface area contributed by atoms with E-state index in [0.29, 0.717) is 0 Å². The molecule has 2 fully saturated rings. The van der Waals surface area contributed by atoms with E-state index in [1.807, 2.05) is 13.8 Å². The third-order valence-electron chi connectivity index (χ3n) is 3.12. The van der Waals surface area contributed by atoms with Crippen LogP contribution in [0.15, 0.2) is 0 Å². The van der Waals surface area contributed by atoms with Crippen molar-refractivity contribution in [2.45, 2.75) is 39.2 Å². The number of rotatable bonds is 0. The van der Waals surface area contributed by atoms with Gasteiger partial charge in [-0.25, -0.2) is 0 Å². The van der Waals surface area contributed by atoms with Crippen LogP contribution in [0.1, 0.15) is 33.1 Å². The zero-order valence-electron chi connectivity index (χ0n) is 9.34. The molecule has 0 aromatic carbocycles. The quantitative estimate of drug-likeness (QED) is 0.616. The molecule has 1 N–H and O–H groups in total. The number of nitrogens with zero attached hydrogens (tertiary/aromatic N) is 1. The predicted molar refractivity (Wildman–Crippen MR) is 58.0 cm³/mol. The van der Waals surface area contributed by atoms with Crippen LogP contribution in [-0.4, -0.2) is 37.6 Å². The van der Waals surface area contributed by atoms with Gasteiger partial charge in [0, 0.05) is 12.6 Å². The maximum Gasteiger partial charge on any atom is 0.0223 e. The second-order valence-electron chi connectivity index (χ2n) is 4.01. The molecule has 2 heterocycles. The molecule has 2 rings (SSSR count). The summed E-state index contributed by atoms with van der Waals surface area (Å²) < 4.78 is 0. The Morgan fingerprint density at radius 3 is 2.77 bits per heavy atom. The summed E-state index contributed by atoms with van der Waals surface area (Å²) in [6.07, 6.45) is 4.27. The normalized spacial score (nSPS) is 34.4. The number of hydrogen-bond donors (Lipinski definition) is 1. The summed E-state index contributed by atoms with van der Waals surface area (Å²) in [5.41, 5.74) is 0. The van der Waals surface area contributed by atoms with E-state index >= 15 is 0 Å². The molecule has 0 radical (unpaired) electrons. The van der Waals surface area contributed by atoms with Crippen molar-refractivity contribution in [3.63, 3.8) is 0 Å². The standard InChI is InChI=1S/C9H18N2.C2H6/c1-11-6-4-8-3-2-5-10-9(8)7-11;1-2/h8-10H,2-7H2,1H3;1-2H3. The maximum absolute atomic E-state index is 3.61. The monoisotopic (exact) mass is 184 g/mol. The fourth-order valence-corrected chi connectivity index (χ4v) is 2.39. The number of likely N-dealkylation sites (tertiary alicyclic amines) is 1. The van der Waals surface area contributed by atoms with Gasteiger partial charge in [-0.2, -0.15) is 0 Å². The molecule has 0 aromatic heterocycles. The molecule has 78 valence electrons. The van der Waals surface area contributed by atoms with E-state index in [2.05, 4.69) is 17.3 Å². The fourth-order valence-electron chi connectivity index (χ4n) is 2.39. The summed E-state index contributed by atoms with van der Waals surface area (Å²) in [6.45, 7) is 7.82. The van der Waals surface area contributed by atoms with Crippen LogP contribution in [0, 0.1) is 5.92 Å². The van der Waals surface area contributed by atoms with Gasteiger partial charge in [-0.3, -0.25) is 0 Å². The number of piperidine rings is 2. The smallest absolute Gasteiger partial charge is 0.0223 e. The highest BCUT2D eigenvalue weighted by Gasteiger charge is 2.28. The Hall–Kier alpha value is -0.0800. The number of hydrogen-bond acceptors (Lipinski definition) is 2. The van der Waals surface area contributed by atoms with Gasteiger partial charge < -0.3 is 10.2 Å². The Labute approximate surface area is 82.7 Å². The molecule has 0 spiro atoms. The summed E-state index contributed by atoms with van der Waals surface area (Å²) in [7, 11) is 2.23. The minimum Gasteiger partial charge on any atom is -0.312 e. The van der Waals surface area contributed by atoms with E-state index in [-0.39, 0.29) is 0 Å². The molecule has 2 aliphatic heterocycles. The van der Waals surface area contributed by atoms with Gasteiger partial charge in [-0.15, -0.1) is 0 Å². The van der Waals surface area contributed by atoms with Crippen molar-refractivity contribution in [2.75, 3.05) is 26.7 Å². The molecule has 0 bridgehead atoms. The second-order valence-corrected chi connectivity index (χ2v) is 4.01. The van der Waals surface area contributed by atoms with E-state index in [4.69, 9.17) is 0 Å². The number of likely N-dealkylation sites (N-methyl/N-ethyl adjacent to an activating group) is 1. The van der Waals surface area contributed by atoms with Crippen LogP contribution in [0.5, 0.6) is 0 Å². The zero-order valence-corrected chi connectivity index (χ0v) is 9.34. The first kappa shape index (κ1) is 11.0. The lowest BCUT2D eigenvalue weighted by molar-refractivity contribution is 0.138. The van der Waals surface area contributed by atoms with Gasteiger partial charge in [0.1, 0.15) is 0 Å². The van der Waals surface area contributed by atoms with Crippen LogP contribution in [0.4, 0.5) is 0 Å². The van der Waals surface area contributed by atoms with Crippen LogP contribution < -0.4 is 5.32 Å². The summed E-state index contributed by atoms with van der Waals surface area (Å²) in [5.74, 6) is 0.986. The SMILES string of the molecule is CC.CN1CCC2CCCNC2C1. The van der Waals surface area contributed by atoms with E-state index < -0.39 is 0 Å². The first-order chi connectivity index (χ1) is 6.36. The Morgan fingerprint density at radius 1 is 1.23 bits per heavy atom. The van der Waals surface area contributed by atoms with Crippen LogP contribution in [-0.2, 0) is 0 Å². The maximum atomic E-state index is 3.61. The lowest BCUT2D eigenvalue weighted by Gasteiger charge is -2.40. The Balaban J connectivity index is 0.000000396. The molecule has 2 saturated heterocycles. The minimum absolute atomic E-state index is 0.808. The van der Waals surface area contributed by atoms with E-state index in [1.54, 1.807) is 0 Å². The number of fused-ring (bicyclic) bond motifs is 1. The molecule has 0 saturated carbocycles. The number of nitrogens with one attached hydrogen (secondary N) is 1. The van der Waals surface area contributed by atoms with Crippen molar-refractivity contribution in [3.05, 3.63) is 0 Å². The van der Waals surface area contributed by atoms with E-state index in [1.165, 1.54) is 38.9 Å². The summed E-state index contributed by atoms with van der Waals surface area (Å²) in [4.78, 5) is 2.44. The molecule has 2 atom stereocenters. The lowest BCUT2D eigenvalue weighted by atomic mass is 9.85. The minimum atomic E-state index is 0.808. The summed E-state index contributed by atoms with van der Waals surface area (Å²) in [5, 5.41) is 3.61. The van der Waals surface area contributed by atoms with Crippen molar-refractivity contribution >= 4 is 0 Å². The van der Waals surface area contributed by atoms with Crippen molar-refractivity contribution < 1.29 is 0 Å². The highest BCUT2D eigenvalue weighted by molar-refractivity contribution is 4.87. The lowest BCUT2D eigenvalue weighted by Crippen LogP contribution is -2.52. The molecule has 2 unspecified atom stereocenters. The molecular weight excluding hydrogens is 160 g/mol. The Kier molecular flexibility index (Phi) is 4.74. The largest absolute Gasteiger partial charge is 0.312 e. The second kappa shape index (κ2) is 5.61.